The molecule has 1 atom stereocenters. The molecule has 0 unspecified atom stereocenters. The van der Waals surface area contributed by atoms with Crippen LogP contribution in [0.1, 0.15) is 19.3 Å². The molecule has 0 fully saturated rings. The topological polar surface area (TPSA) is 98.5 Å². The predicted octanol–water partition coefficient (Wildman–Crippen LogP) is -0.264. The zero-order valence-electron chi connectivity index (χ0n) is 6.32. The van der Waals surface area contributed by atoms with Crippen molar-refractivity contribution in [1.29, 1.82) is 0 Å². The van der Waals surface area contributed by atoms with Crippen LogP contribution in [0.2, 0.25) is 0 Å². The summed E-state index contributed by atoms with van der Waals surface area (Å²) in [5.41, 5.74) is 10.5. The van der Waals surface area contributed by atoms with Gasteiger partial charge >= 0.3 is 5.91 Å². The minimum absolute atomic E-state index is 0.488. The number of nitroso groups, excluding NO2 is 1. The third kappa shape index (κ3) is 4.58. The van der Waals surface area contributed by atoms with E-state index >= 15 is 0 Å². The standard InChI is InChI=1S/C6H13N3O2/c7-4-2-1-3-5(8)6(10)9-11/h5H,1-4,7-8H2/t5-/m1/s1. The third-order valence-corrected chi connectivity index (χ3v) is 1.38. The number of amides is 1. The lowest BCUT2D eigenvalue weighted by molar-refractivity contribution is -0.119. The SMILES string of the molecule is NCCCC[C@@H](N)C(=O)N=O. The summed E-state index contributed by atoms with van der Waals surface area (Å²) in [7, 11) is 0. The molecular weight excluding hydrogens is 146 g/mol. The largest absolute Gasteiger partial charge is 0.330 e. The molecule has 0 radical (unpaired) electrons. The van der Waals surface area contributed by atoms with Gasteiger partial charge in [0.25, 0.3) is 0 Å². The van der Waals surface area contributed by atoms with Crippen LogP contribution in [0.4, 0.5) is 0 Å². The van der Waals surface area contributed by atoms with Gasteiger partial charge in [-0.3, -0.25) is 4.79 Å². The van der Waals surface area contributed by atoms with E-state index in [1.165, 1.54) is 0 Å². The summed E-state index contributed by atoms with van der Waals surface area (Å²) >= 11 is 0. The Labute approximate surface area is 65.1 Å². The Morgan fingerprint density at radius 2 is 2.09 bits per heavy atom. The molecule has 1 amide bonds. The normalized spacial score (nSPS) is 12.5. The van der Waals surface area contributed by atoms with Gasteiger partial charge in [-0.25, -0.2) is 0 Å². The van der Waals surface area contributed by atoms with Crippen molar-refractivity contribution in [1.82, 2.24) is 0 Å². The first-order chi connectivity index (χ1) is 5.22. The lowest BCUT2D eigenvalue weighted by Crippen LogP contribution is -2.28. The summed E-state index contributed by atoms with van der Waals surface area (Å²) in [5.74, 6) is -0.776. The molecule has 0 heterocycles. The number of hydrogen-bond donors (Lipinski definition) is 2. The summed E-state index contributed by atoms with van der Waals surface area (Å²) in [5, 5.41) is 2.22. The van der Waals surface area contributed by atoms with Crippen LogP contribution in [0, 0.1) is 4.91 Å². The van der Waals surface area contributed by atoms with E-state index in [0.717, 1.165) is 12.8 Å². The number of carbonyl (C=O) groups excluding carboxylic acids is 1. The molecule has 0 aliphatic rings. The molecule has 0 aromatic carbocycles. The van der Waals surface area contributed by atoms with Gasteiger partial charge in [0.2, 0.25) is 0 Å². The van der Waals surface area contributed by atoms with E-state index in [1.54, 1.807) is 0 Å². The Hall–Kier alpha value is -0.810. The number of unbranched alkanes of at least 4 members (excludes halogenated alkanes) is 1. The molecule has 0 bridgehead atoms. The molecule has 0 aliphatic heterocycles. The Morgan fingerprint density at radius 3 is 2.55 bits per heavy atom. The Morgan fingerprint density at radius 1 is 1.45 bits per heavy atom. The van der Waals surface area contributed by atoms with Crippen molar-refractivity contribution in [3.8, 4) is 0 Å². The van der Waals surface area contributed by atoms with E-state index in [2.05, 4.69) is 5.18 Å². The van der Waals surface area contributed by atoms with Gasteiger partial charge in [0.15, 0.2) is 0 Å². The van der Waals surface area contributed by atoms with Gasteiger partial charge in [0, 0.05) is 5.18 Å². The number of carbonyl (C=O) groups is 1. The second-order valence-electron chi connectivity index (χ2n) is 2.32. The summed E-state index contributed by atoms with van der Waals surface area (Å²) in [4.78, 5) is 20.1. The van der Waals surface area contributed by atoms with Crippen LogP contribution >= 0.6 is 0 Å². The van der Waals surface area contributed by atoms with Crippen molar-refractivity contribution < 1.29 is 4.79 Å². The minimum Gasteiger partial charge on any atom is -0.330 e. The fraction of sp³-hybridized carbons (Fsp3) is 0.833. The molecule has 0 spiro atoms. The maximum Gasteiger partial charge on any atom is 0.302 e. The molecule has 0 aliphatic carbocycles. The van der Waals surface area contributed by atoms with Gasteiger partial charge in [-0.2, -0.15) is 0 Å². The molecule has 4 N–H and O–H groups in total. The molecule has 5 nitrogen and oxygen atoms in total. The second kappa shape index (κ2) is 5.94. The average molecular weight is 159 g/mol. The van der Waals surface area contributed by atoms with Crippen LogP contribution in [0.3, 0.4) is 0 Å². The van der Waals surface area contributed by atoms with Crippen molar-refractivity contribution in [3.05, 3.63) is 4.91 Å². The molecule has 0 aromatic heterocycles. The maximum absolute atomic E-state index is 10.5. The van der Waals surface area contributed by atoms with E-state index in [4.69, 9.17) is 11.5 Å². The smallest absolute Gasteiger partial charge is 0.302 e. The van der Waals surface area contributed by atoms with E-state index < -0.39 is 11.9 Å². The lowest BCUT2D eigenvalue weighted by atomic mass is 10.1. The zero-order chi connectivity index (χ0) is 8.69. The Kier molecular flexibility index (Phi) is 5.50. The molecule has 5 heteroatoms. The van der Waals surface area contributed by atoms with E-state index in [1.807, 2.05) is 0 Å². The second-order valence-corrected chi connectivity index (χ2v) is 2.32. The number of nitrogens with two attached hydrogens (primary N) is 2. The van der Waals surface area contributed by atoms with Crippen molar-refractivity contribution in [2.45, 2.75) is 25.3 Å². The van der Waals surface area contributed by atoms with Crippen LogP contribution in [0.5, 0.6) is 0 Å². The van der Waals surface area contributed by atoms with E-state index in [0.29, 0.717) is 13.0 Å². The van der Waals surface area contributed by atoms with Crippen LogP contribution in [0.15, 0.2) is 5.18 Å². The summed E-state index contributed by atoms with van der Waals surface area (Å²) in [6.07, 6.45) is 2.07. The lowest BCUT2D eigenvalue weighted by Gasteiger charge is -2.03. The molecule has 0 saturated carbocycles. The fourth-order valence-electron chi connectivity index (χ4n) is 0.700. The summed E-state index contributed by atoms with van der Waals surface area (Å²) < 4.78 is 0. The van der Waals surface area contributed by atoms with Crippen molar-refractivity contribution in [2.24, 2.45) is 16.6 Å². The molecule has 0 rings (SSSR count). The van der Waals surface area contributed by atoms with Gasteiger partial charge in [0.05, 0.1) is 6.04 Å². The highest BCUT2D eigenvalue weighted by molar-refractivity contribution is 5.81. The molecular formula is C6H13N3O2. The number of hydrogen-bond acceptors (Lipinski definition) is 4. The summed E-state index contributed by atoms with van der Waals surface area (Å²) in [6, 6.07) is -0.737. The molecule has 11 heavy (non-hydrogen) atoms. The van der Waals surface area contributed by atoms with Gasteiger partial charge in [0.1, 0.15) is 0 Å². The van der Waals surface area contributed by atoms with Gasteiger partial charge < -0.3 is 11.5 Å². The molecule has 0 saturated heterocycles. The van der Waals surface area contributed by atoms with Crippen LogP contribution < -0.4 is 11.5 Å². The first-order valence-electron chi connectivity index (χ1n) is 3.55. The van der Waals surface area contributed by atoms with Crippen molar-refractivity contribution in [3.63, 3.8) is 0 Å². The van der Waals surface area contributed by atoms with E-state index in [-0.39, 0.29) is 0 Å². The third-order valence-electron chi connectivity index (χ3n) is 1.38. The highest BCUT2D eigenvalue weighted by Crippen LogP contribution is 1.98. The van der Waals surface area contributed by atoms with E-state index in [9.17, 15) is 9.70 Å². The highest BCUT2D eigenvalue weighted by Gasteiger charge is 2.12. The predicted molar refractivity (Wildman–Crippen MR) is 41.7 cm³/mol. The molecule has 0 aromatic rings. The van der Waals surface area contributed by atoms with Crippen molar-refractivity contribution in [2.75, 3.05) is 6.54 Å². The van der Waals surface area contributed by atoms with Gasteiger partial charge in [-0.05, 0) is 19.4 Å². The maximum atomic E-state index is 10.5. The van der Waals surface area contributed by atoms with Crippen LogP contribution in [0.25, 0.3) is 0 Å². The van der Waals surface area contributed by atoms with Crippen LogP contribution in [-0.2, 0) is 4.79 Å². The highest BCUT2D eigenvalue weighted by atomic mass is 16.3. The Balaban J connectivity index is 3.43. The van der Waals surface area contributed by atoms with Crippen molar-refractivity contribution >= 4 is 5.91 Å². The average Bonchev–Trinajstić information content (AvgIpc) is 2.03. The Bertz CT molecular complexity index is 138. The number of rotatable bonds is 5. The fourth-order valence-corrected chi connectivity index (χ4v) is 0.700. The zero-order valence-corrected chi connectivity index (χ0v) is 6.32. The minimum atomic E-state index is -0.776. The quantitative estimate of drug-likeness (QED) is 0.426. The first-order valence-corrected chi connectivity index (χ1v) is 3.55. The van der Waals surface area contributed by atoms with Gasteiger partial charge in [-0.1, -0.05) is 6.42 Å². The summed E-state index contributed by atoms with van der Waals surface area (Å²) in [6.45, 7) is 0.579. The van der Waals surface area contributed by atoms with Crippen LogP contribution in [-0.4, -0.2) is 18.5 Å². The van der Waals surface area contributed by atoms with Gasteiger partial charge in [-0.15, -0.1) is 4.91 Å². The monoisotopic (exact) mass is 159 g/mol. The number of nitrogens with zero attached hydrogens (tertiary/aromatic N) is 1. The first kappa shape index (κ1) is 10.2. The molecule has 64 valence electrons.